The lowest BCUT2D eigenvalue weighted by molar-refractivity contribution is 0.716. The Balaban J connectivity index is 2.06. The van der Waals surface area contributed by atoms with Crippen LogP contribution in [0.25, 0.3) is 0 Å². The molecule has 15 heavy (non-hydrogen) atoms. The minimum Gasteiger partial charge on any atom is -0.319 e. The van der Waals surface area contributed by atoms with Crippen LogP contribution in [0, 0.1) is 0 Å². The number of aromatic nitrogens is 1. The minimum atomic E-state index is 0.691. The fourth-order valence-electron chi connectivity index (χ4n) is 2.09. The number of thiazole rings is 1. The maximum Gasteiger partial charge on any atom is 0.143 e. The highest BCUT2D eigenvalue weighted by atomic mass is 35.5. The number of rotatable bonds is 4. The Morgan fingerprint density at radius 2 is 2.20 bits per heavy atom. The second-order valence-electron chi connectivity index (χ2n) is 4.10. The molecule has 2 nitrogen and oxygen atoms in total. The van der Waals surface area contributed by atoms with Gasteiger partial charge in [0.25, 0.3) is 0 Å². The van der Waals surface area contributed by atoms with E-state index >= 15 is 0 Å². The average Bonchev–Trinajstić information content (AvgIpc) is 2.83. The van der Waals surface area contributed by atoms with E-state index in [2.05, 4.69) is 10.3 Å². The topological polar surface area (TPSA) is 24.9 Å². The van der Waals surface area contributed by atoms with Crippen LogP contribution in [-0.4, -0.2) is 18.6 Å². The maximum absolute atomic E-state index is 6.13. The Kier molecular flexibility index (Phi) is 4.00. The van der Waals surface area contributed by atoms with Crippen LogP contribution in [0.3, 0.4) is 0 Å². The van der Waals surface area contributed by atoms with Crippen molar-refractivity contribution in [2.45, 2.75) is 38.0 Å². The van der Waals surface area contributed by atoms with Gasteiger partial charge in [-0.05, 0) is 32.9 Å². The van der Waals surface area contributed by atoms with Crippen LogP contribution in [0.2, 0.25) is 5.15 Å². The Labute approximate surface area is 100 Å². The van der Waals surface area contributed by atoms with Crippen LogP contribution in [0.15, 0.2) is 0 Å². The molecule has 0 aromatic carbocycles. The summed E-state index contributed by atoms with van der Waals surface area (Å²) in [5.41, 5.74) is 0. The molecule has 0 bridgehead atoms. The highest BCUT2D eigenvalue weighted by Crippen LogP contribution is 2.38. The smallest absolute Gasteiger partial charge is 0.143 e. The molecule has 1 saturated carbocycles. The summed E-state index contributed by atoms with van der Waals surface area (Å²) >= 11 is 7.94. The summed E-state index contributed by atoms with van der Waals surface area (Å²) in [5, 5.41) is 5.14. The van der Waals surface area contributed by atoms with Gasteiger partial charge in [-0.2, -0.15) is 0 Å². The van der Waals surface area contributed by atoms with E-state index in [0.717, 1.165) is 18.1 Å². The lowest BCUT2D eigenvalue weighted by atomic mass is 10.1. The largest absolute Gasteiger partial charge is 0.319 e. The van der Waals surface area contributed by atoms with Crippen molar-refractivity contribution in [2.75, 3.05) is 13.6 Å². The Hall–Kier alpha value is -0.120. The number of likely N-dealkylation sites (N-methyl/N-ethyl adjacent to an activating group) is 1. The third-order valence-electron chi connectivity index (χ3n) is 2.97. The van der Waals surface area contributed by atoms with Crippen LogP contribution < -0.4 is 5.32 Å². The monoisotopic (exact) mass is 244 g/mol. The van der Waals surface area contributed by atoms with E-state index in [1.807, 2.05) is 18.4 Å². The molecule has 0 aliphatic heterocycles. The number of nitrogens with one attached hydrogen (secondary N) is 1. The van der Waals surface area contributed by atoms with Gasteiger partial charge in [0, 0.05) is 10.8 Å². The molecule has 1 fully saturated rings. The third-order valence-corrected chi connectivity index (χ3v) is 4.68. The van der Waals surface area contributed by atoms with Crippen molar-refractivity contribution in [3.05, 3.63) is 15.0 Å². The normalized spacial score (nSPS) is 17.5. The molecule has 1 aliphatic carbocycles. The first-order chi connectivity index (χ1) is 7.31. The predicted octanol–water partition coefficient (Wildman–Crippen LogP) is 3.22. The van der Waals surface area contributed by atoms with Gasteiger partial charge in [0.1, 0.15) is 5.15 Å². The van der Waals surface area contributed by atoms with Gasteiger partial charge in [-0.15, -0.1) is 11.3 Å². The number of hydrogen-bond acceptors (Lipinski definition) is 3. The molecule has 0 unspecified atom stereocenters. The molecule has 2 rings (SSSR count). The number of nitrogens with zero attached hydrogens (tertiary/aromatic N) is 1. The van der Waals surface area contributed by atoms with Gasteiger partial charge in [0.2, 0.25) is 0 Å². The van der Waals surface area contributed by atoms with Gasteiger partial charge < -0.3 is 5.32 Å². The molecule has 1 N–H and O–H groups in total. The Morgan fingerprint density at radius 1 is 1.47 bits per heavy atom. The van der Waals surface area contributed by atoms with Gasteiger partial charge in [0.15, 0.2) is 0 Å². The second kappa shape index (κ2) is 5.28. The first kappa shape index (κ1) is 11.4. The molecule has 0 radical (unpaired) electrons. The standard InChI is InChI=1S/C11H17ClN2S/c1-13-7-6-9-10(12)14-11(15-9)8-4-2-3-5-8/h8,13H,2-7H2,1H3. The van der Waals surface area contributed by atoms with Gasteiger partial charge in [-0.3, -0.25) is 0 Å². The van der Waals surface area contributed by atoms with E-state index in [1.165, 1.54) is 35.6 Å². The number of halogens is 1. The lowest BCUT2D eigenvalue weighted by Gasteiger charge is -2.02. The van der Waals surface area contributed by atoms with Gasteiger partial charge >= 0.3 is 0 Å². The Bertz CT molecular complexity index is 318. The highest BCUT2D eigenvalue weighted by molar-refractivity contribution is 7.12. The molecule has 0 amide bonds. The summed E-state index contributed by atoms with van der Waals surface area (Å²) < 4.78 is 0. The van der Waals surface area contributed by atoms with Crippen molar-refractivity contribution in [1.29, 1.82) is 0 Å². The molecule has 1 aromatic heterocycles. The minimum absolute atomic E-state index is 0.691. The molecule has 1 aliphatic rings. The van der Waals surface area contributed by atoms with Crippen molar-refractivity contribution < 1.29 is 0 Å². The number of hydrogen-bond donors (Lipinski definition) is 1. The zero-order valence-electron chi connectivity index (χ0n) is 9.05. The fraction of sp³-hybridized carbons (Fsp3) is 0.727. The van der Waals surface area contributed by atoms with Crippen LogP contribution in [-0.2, 0) is 6.42 Å². The molecular formula is C11H17ClN2S. The maximum atomic E-state index is 6.13. The van der Waals surface area contributed by atoms with E-state index in [0.29, 0.717) is 5.92 Å². The molecule has 0 spiro atoms. The molecule has 0 saturated heterocycles. The first-order valence-electron chi connectivity index (χ1n) is 5.61. The summed E-state index contributed by atoms with van der Waals surface area (Å²) in [4.78, 5) is 5.75. The van der Waals surface area contributed by atoms with Gasteiger partial charge in [-0.25, -0.2) is 4.98 Å². The summed E-state index contributed by atoms with van der Waals surface area (Å²) in [6.45, 7) is 0.978. The van der Waals surface area contributed by atoms with Gasteiger partial charge in [0.05, 0.1) is 5.01 Å². The van der Waals surface area contributed by atoms with Crippen LogP contribution >= 0.6 is 22.9 Å². The van der Waals surface area contributed by atoms with Crippen LogP contribution in [0.5, 0.6) is 0 Å². The fourth-order valence-corrected chi connectivity index (χ4v) is 3.57. The predicted molar refractivity (Wildman–Crippen MR) is 66.0 cm³/mol. The van der Waals surface area contributed by atoms with E-state index in [4.69, 9.17) is 11.6 Å². The summed E-state index contributed by atoms with van der Waals surface area (Å²) in [5.74, 6) is 0.691. The van der Waals surface area contributed by atoms with Crippen molar-refractivity contribution >= 4 is 22.9 Å². The van der Waals surface area contributed by atoms with Crippen molar-refractivity contribution in [2.24, 2.45) is 0 Å². The Morgan fingerprint density at radius 3 is 2.87 bits per heavy atom. The first-order valence-corrected chi connectivity index (χ1v) is 6.80. The van der Waals surface area contributed by atoms with E-state index < -0.39 is 0 Å². The van der Waals surface area contributed by atoms with Crippen molar-refractivity contribution in [1.82, 2.24) is 10.3 Å². The molecule has 1 heterocycles. The molecular weight excluding hydrogens is 228 g/mol. The van der Waals surface area contributed by atoms with Crippen LogP contribution in [0.1, 0.15) is 41.5 Å². The molecule has 4 heteroatoms. The second-order valence-corrected chi connectivity index (χ2v) is 5.57. The zero-order valence-corrected chi connectivity index (χ0v) is 10.6. The molecule has 0 atom stereocenters. The lowest BCUT2D eigenvalue weighted by Crippen LogP contribution is -2.09. The summed E-state index contributed by atoms with van der Waals surface area (Å²) in [7, 11) is 1.97. The third kappa shape index (κ3) is 2.71. The zero-order chi connectivity index (χ0) is 10.7. The van der Waals surface area contributed by atoms with E-state index in [-0.39, 0.29) is 0 Å². The van der Waals surface area contributed by atoms with E-state index in [1.54, 1.807) is 0 Å². The molecule has 84 valence electrons. The van der Waals surface area contributed by atoms with Crippen LogP contribution in [0.4, 0.5) is 0 Å². The quantitative estimate of drug-likeness (QED) is 0.880. The molecule has 1 aromatic rings. The average molecular weight is 245 g/mol. The van der Waals surface area contributed by atoms with E-state index in [9.17, 15) is 0 Å². The van der Waals surface area contributed by atoms with Crippen molar-refractivity contribution in [3.63, 3.8) is 0 Å². The summed E-state index contributed by atoms with van der Waals surface area (Å²) in [6.07, 6.45) is 6.31. The SMILES string of the molecule is CNCCc1sc(C2CCCC2)nc1Cl. The highest BCUT2D eigenvalue weighted by Gasteiger charge is 2.21. The van der Waals surface area contributed by atoms with Crippen molar-refractivity contribution in [3.8, 4) is 0 Å². The van der Waals surface area contributed by atoms with Gasteiger partial charge in [-0.1, -0.05) is 24.4 Å². The summed E-state index contributed by atoms with van der Waals surface area (Å²) in [6, 6.07) is 0.